The fourth-order valence-electron chi connectivity index (χ4n) is 0.973. The number of allylic oxidation sites excluding steroid dienone is 1. The first-order chi connectivity index (χ1) is 6.43. The molecule has 0 radical (unpaired) electrons. The summed E-state index contributed by atoms with van der Waals surface area (Å²) in [7, 11) is 0. The van der Waals surface area contributed by atoms with Crippen molar-refractivity contribution in [3.8, 4) is 0 Å². The molecule has 0 unspecified atom stereocenters. The molecule has 4 heteroatoms. The summed E-state index contributed by atoms with van der Waals surface area (Å²) in [5.41, 5.74) is 0.331. The first kappa shape index (κ1) is 11.0. The second kappa shape index (κ2) is 3.96. The quantitative estimate of drug-likeness (QED) is 0.559. The zero-order chi connectivity index (χ0) is 10.9. The van der Waals surface area contributed by atoms with Crippen LogP contribution in [0.3, 0.4) is 0 Å². The first-order valence-electron chi connectivity index (χ1n) is 3.95. The fourth-order valence-corrected chi connectivity index (χ4v) is 1.12. The summed E-state index contributed by atoms with van der Waals surface area (Å²) in [6.07, 6.45) is 0. The van der Waals surface area contributed by atoms with Gasteiger partial charge in [0, 0.05) is 0 Å². The van der Waals surface area contributed by atoms with Gasteiger partial charge in [-0.1, -0.05) is 11.6 Å². The Kier molecular flexibility index (Phi) is 3.11. The Bertz CT molecular complexity index is 395. The van der Waals surface area contributed by atoms with Gasteiger partial charge in [-0.15, -0.1) is 0 Å². The molecule has 1 rings (SSSR count). The van der Waals surface area contributed by atoms with Crippen LogP contribution in [0, 0.1) is 11.6 Å². The normalized spacial score (nSPS) is 10.1. The van der Waals surface area contributed by atoms with E-state index in [2.05, 4.69) is 0 Å². The van der Waals surface area contributed by atoms with Gasteiger partial charge in [-0.2, -0.15) is 0 Å². The van der Waals surface area contributed by atoms with Crippen molar-refractivity contribution in [2.75, 3.05) is 0 Å². The molecular weight excluding hydrogens is 210 g/mol. The van der Waals surface area contributed by atoms with Gasteiger partial charge in [-0.25, -0.2) is 8.78 Å². The highest BCUT2D eigenvalue weighted by atomic mass is 35.5. The molecule has 0 aliphatic heterocycles. The smallest absolute Gasteiger partial charge is 0.142 e. The van der Waals surface area contributed by atoms with E-state index >= 15 is 0 Å². The summed E-state index contributed by atoms with van der Waals surface area (Å²) in [5.74, 6) is -1.76. The van der Waals surface area contributed by atoms with E-state index in [9.17, 15) is 13.9 Å². The van der Waals surface area contributed by atoms with Gasteiger partial charge < -0.3 is 5.11 Å². The summed E-state index contributed by atoms with van der Waals surface area (Å²) in [6, 6.07) is 1.71. The molecule has 1 N–H and O–H groups in total. The van der Waals surface area contributed by atoms with Gasteiger partial charge >= 0.3 is 0 Å². The Morgan fingerprint density at radius 3 is 2.29 bits per heavy atom. The highest BCUT2D eigenvalue weighted by molar-refractivity contribution is 6.30. The minimum atomic E-state index is -0.754. The maximum absolute atomic E-state index is 13.2. The first-order valence-corrected chi connectivity index (χ1v) is 4.32. The number of hydrogen-bond acceptors (Lipinski definition) is 1. The number of rotatable bonds is 1. The van der Waals surface area contributed by atoms with Crippen LogP contribution in [-0.4, -0.2) is 5.11 Å². The van der Waals surface area contributed by atoms with E-state index in [0.717, 1.165) is 12.1 Å². The third-order valence-corrected chi connectivity index (χ3v) is 2.03. The lowest BCUT2D eigenvalue weighted by Crippen LogP contribution is -1.93. The van der Waals surface area contributed by atoms with Crippen molar-refractivity contribution in [1.82, 2.24) is 0 Å². The summed E-state index contributed by atoms with van der Waals surface area (Å²) in [6.45, 7) is 3.20. The molecule has 0 amide bonds. The SMILES string of the molecule is CC(C)=C(O)c1cc(F)c(Cl)cc1F. The molecular formula is C10H9ClF2O. The number of hydrogen-bond donors (Lipinski definition) is 1. The molecule has 76 valence electrons. The molecule has 14 heavy (non-hydrogen) atoms. The van der Waals surface area contributed by atoms with E-state index in [4.69, 9.17) is 11.6 Å². The number of aliphatic hydroxyl groups excluding tert-OH is 1. The Balaban J connectivity index is 3.37. The number of benzene rings is 1. The second-order valence-corrected chi connectivity index (χ2v) is 3.50. The van der Waals surface area contributed by atoms with Crippen LogP contribution in [0.2, 0.25) is 5.02 Å². The lowest BCUT2D eigenvalue weighted by atomic mass is 10.1. The van der Waals surface area contributed by atoms with E-state index in [1.807, 2.05) is 0 Å². The molecule has 0 aliphatic carbocycles. The topological polar surface area (TPSA) is 20.2 Å². The van der Waals surface area contributed by atoms with Crippen molar-refractivity contribution >= 4 is 17.4 Å². The Labute approximate surface area is 85.6 Å². The minimum absolute atomic E-state index is 0.174. The Morgan fingerprint density at radius 2 is 1.79 bits per heavy atom. The fraction of sp³-hybridized carbons (Fsp3) is 0.200. The van der Waals surface area contributed by atoms with E-state index in [1.165, 1.54) is 0 Å². The monoisotopic (exact) mass is 218 g/mol. The Morgan fingerprint density at radius 1 is 1.21 bits per heavy atom. The van der Waals surface area contributed by atoms with Crippen LogP contribution in [-0.2, 0) is 0 Å². The van der Waals surface area contributed by atoms with Crippen LogP contribution in [0.1, 0.15) is 19.4 Å². The molecule has 0 atom stereocenters. The molecule has 0 saturated carbocycles. The van der Waals surface area contributed by atoms with Crippen molar-refractivity contribution in [3.63, 3.8) is 0 Å². The van der Waals surface area contributed by atoms with Crippen LogP contribution >= 0.6 is 11.6 Å². The van der Waals surface area contributed by atoms with E-state index in [1.54, 1.807) is 13.8 Å². The molecule has 0 heterocycles. The van der Waals surface area contributed by atoms with E-state index < -0.39 is 11.6 Å². The molecule has 0 aliphatic rings. The lowest BCUT2D eigenvalue weighted by molar-refractivity contribution is 0.495. The van der Waals surface area contributed by atoms with Gasteiger partial charge in [0.15, 0.2) is 0 Å². The van der Waals surface area contributed by atoms with Crippen molar-refractivity contribution in [1.29, 1.82) is 0 Å². The zero-order valence-corrected chi connectivity index (χ0v) is 8.49. The summed E-state index contributed by atoms with van der Waals surface area (Å²) in [4.78, 5) is 0. The van der Waals surface area contributed by atoms with Crippen molar-refractivity contribution in [2.45, 2.75) is 13.8 Å². The third kappa shape index (κ3) is 2.04. The largest absolute Gasteiger partial charge is 0.507 e. The van der Waals surface area contributed by atoms with Crippen molar-refractivity contribution < 1.29 is 13.9 Å². The lowest BCUT2D eigenvalue weighted by Gasteiger charge is -2.05. The van der Waals surface area contributed by atoms with Gasteiger partial charge in [0.25, 0.3) is 0 Å². The highest BCUT2D eigenvalue weighted by Crippen LogP contribution is 2.24. The predicted molar refractivity (Wildman–Crippen MR) is 52.3 cm³/mol. The third-order valence-electron chi connectivity index (χ3n) is 1.74. The van der Waals surface area contributed by atoms with Gasteiger partial charge in [0.05, 0.1) is 10.6 Å². The second-order valence-electron chi connectivity index (χ2n) is 3.09. The number of aliphatic hydroxyl groups is 1. The molecule has 0 spiro atoms. The van der Waals surface area contributed by atoms with E-state index in [-0.39, 0.29) is 16.3 Å². The minimum Gasteiger partial charge on any atom is -0.507 e. The molecule has 0 bridgehead atoms. The van der Waals surface area contributed by atoms with Gasteiger partial charge in [-0.05, 0) is 31.6 Å². The Hall–Kier alpha value is -1.09. The van der Waals surface area contributed by atoms with Crippen LogP contribution < -0.4 is 0 Å². The molecule has 1 aromatic carbocycles. The molecule has 1 aromatic rings. The van der Waals surface area contributed by atoms with Crippen LogP contribution in [0.25, 0.3) is 5.76 Å². The van der Waals surface area contributed by atoms with Gasteiger partial charge in [0.1, 0.15) is 17.4 Å². The van der Waals surface area contributed by atoms with Gasteiger partial charge in [0.2, 0.25) is 0 Å². The van der Waals surface area contributed by atoms with E-state index in [0.29, 0.717) is 5.57 Å². The highest BCUT2D eigenvalue weighted by Gasteiger charge is 2.12. The standard InChI is InChI=1S/C10H9ClF2O/c1-5(2)10(14)6-3-9(13)7(11)4-8(6)12/h3-4,14H,1-2H3. The van der Waals surface area contributed by atoms with Crippen molar-refractivity contribution in [2.24, 2.45) is 0 Å². The summed E-state index contributed by atoms with van der Waals surface area (Å²) >= 11 is 5.36. The average molecular weight is 219 g/mol. The zero-order valence-electron chi connectivity index (χ0n) is 7.74. The van der Waals surface area contributed by atoms with Crippen LogP contribution in [0.5, 0.6) is 0 Å². The van der Waals surface area contributed by atoms with Crippen LogP contribution in [0.4, 0.5) is 8.78 Å². The summed E-state index contributed by atoms with van der Waals surface area (Å²) in [5, 5.41) is 9.13. The van der Waals surface area contributed by atoms with Crippen molar-refractivity contribution in [3.05, 3.63) is 39.9 Å². The number of halogens is 3. The maximum Gasteiger partial charge on any atom is 0.142 e. The molecule has 1 nitrogen and oxygen atoms in total. The predicted octanol–water partition coefficient (Wildman–Crippen LogP) is 3.93. The van der Waals surface area contributed by atoms with Crippen LogP contribution in [0.15, 0.2) is 17.7 Å². The summed E-state index contributed by atoms with van der Waals surface area (Å²) < 4.78 is 26.1. The maximum atomic E-state index is 13.2. The van der Waals surface area contributed by atoms with Gasteiger partial charge in [-0.3, -0.25) is 0 Å². The molecule has 0 aromatic heterocycles. The average Bonchev–Trinajstić information content (AvgIpc) is 2.10. The molecule has 0 saturated heterocycles. The molecule has 0 fully saturated rings.